The Morgan fingerprint density at radius 3 is 2.69 bits per heavy atom. The lowest BCUT2D eigenvalue weighted by Gasteiger charge is -2.04. The Balaban J connectivity index is 1.62. The molecule has 3 aromatic rings. The highest BCUT2D eigenvalue weighted by atomic mass is 16.5. The molecule has 1 heterocycles. The maximum atomic E-state index is 12.1. The van der Waals surface area contributed by atoms with Gasteiger partial charge in [0.15, 0.2) is 0 Å². The van der Waals surface area contributed by atoms with E-state index in [0.29, 0.717) is 5.76 Å². The lowest BCUT2D eigenvalue weighted by atomic mass is 10.1. The number of ether oxygens (including phenoxy) is 1. The van der Waals surface area contributed by atoms with Crippen LogP contribution in [-0.2, 0) is 11.2 Å². The molecule has 0 aliphatic rings. The highest BCUT2D eigenvalue weighted by Crippen LogP contribution is 2.24. The van der Waals surface area contributed by atoms with Crippen molar-refractivity contribution in [1.82, 2.24) is 0 Å². The van der Waals surface area contributed by atoms with E-state index in [9.17, 15) is 4.79 Å². The predicted molar refractivity (Wildman–Crippen MR) is 105 cm³/mol. The number of carbonyl (C=O) groups is 1. The monoisotopic (exact) mass is 349 g/mol. The third-order valence-corrected chi connectivity index (χ3v) is 4.18. The minimum atomic E-state index is -0.190. The topological polar surface area (TPSA) is 51.5 Å². The third-order valence-electron chi connectivity index (χ3n) is 4.18. The Labute approximate surface area is 153 Å². The van der Waals surface area contributed by atoms with Crippen LogP contribution in [0.3, 0.4) is 0 Å². The van der Waals surface area contributed by atoms with Gasteiger partial charge in [-0.1, -0.05) is 25.5 Å². The molecule has 1 aromatic heterocycles. The molecule has 0 aliphatic carbocycles. The molecule has 0 radical (unpaired) electrons. The van der Waals surface area contributed by atoms with Gasteiger partial charge in [0.25, 0.3) is 0 Å². The number of aryl methyl sites for hydroxylation is 1. The van der Waals surface area contributed by atoms with E-state index < -0.39 is 0 Å². The Hall–Kier alpha value is -3.01. The molecule has 134 valence electrons. The fraction of sp³-hybridized carbons (Fsp3) is 0.227. The Morgan fingerprint density at radius 2 is 1.96 bits per heavy atom. The first kappa shape index (κ1) is 17.8. The molecule has 4 heteroatoms. The number of rotatable bonds is 7. The van der Waals surface area contributed by atoms with E-state index in [-0.39, 0.29) is 5.91 Å². The van der Waals surface area contributed by atoms with E-state index in [1.165, 1.54) is 24.5 Å². The van der Waals surface area contributed by atoms with E-state index in [4.69, 9.17) is 9.15 Å². The second-order valence-corrected chi connectivity index (χ2v) is 6.18. The van der Waals surface area contributed by atoms with Crippen LogP contribution in [0.1, 0.15) is 31.1 Å². The largest absolute Gasteiger partial charge is 0.497 e. The van der Waals surface area contributed by atoms with Gasteiger partial charge in [-0.2, -0.15) is 0 Å². The summed E-state index contributed by atoms with van der Waals surface area (Å²) in [5, 5.41) is 3.80. The molecule has 1 N–H and O–H groups in total. The van der Waals surface area contributed by atoms with E-state index >= 15 is 0 Å². The Bertz CT molecular complexity index is 907. The third kappa shape index (κ3) is 4.54. The molecule has 4 nitrogen and oxygen atoms in total. The number of methoxy groups -OCH3 is 1. The summed E-state index contributed by atoms with van der Waals surface area (Å²) in [6.45, 7) is 2.18. The summed E-state index contributed by atoms with van der Waals surface area (Å²) >= 11 is 0. The van der Waals surface area contributed by atoms with E-state index in [2.05, 4.69) is 24.4 Å². The predicted octanol–water partition coefficient (Wildman–Crippen LogP) is 5.44. The smallest absolute Gasteiger partial charge is 0.248 e. The molecule has 2 aromatic carbocycles. The molecule has 0 saturated heterocycles. The van der Waals surface area contributed by atoms with Crippen LogP contribution in [0.2, 0.25) is 0 Å². The van der Waals surface area contributed by atoms with Gasteiger partial charge < -0.3 is 14.5 Å². The van der Waals surface area contributed by atoms with Crippen LogP contribution in [-0.4, -0.2) is 13.0 Å². The first-order valence-corrected chi connectivity index (χ1v) is 8.83. The second kappa shape index (κ2) is 8.39. The van der Waals surface area contributed by atoms with E-state index in [0.717, 1.165) is 28.8 Å². The van der Waals surface area contributed by atoms with Crippen LogP contribution in [0.15, 0.2) is 59.0 Å². The van der Waals surface area contributed by atoms with Gasteiger partial charge >= 0.3 is 0 Å². The molecular formula is C22H23NO3. The van der Waals surface area contributed by atoms with Gasteiger partial charge in [0.2, 0.25) is 5.91 Å². The molecule has 0 saturated carbocycles. The molecule has 0 atom stereocenters. The highest BCUT2D eigenvalue weighted by Gasteiger charge is 2.04. The number of hydrogen-bond donors (Lipinski definition) is 1. The van der Waals surface area contributed by atoms with Crippen LogP contribution >= 0.6 is 0 Å². The number of furan rings is 1. The fourth-order valence-corrected chi connectivity index (χ4v) is 2.73. The standard InChI is InChI=1S/C22H23NO3/c1-3-4-5-16-6-8-18(9-7-16)23-22(24)13-11-20-15-17-14-19(25-2)10-12-21(17)26-20/h6-15H,3-5H2,1-2H3,(H,23,24). The number of amides is 1. The average molecular weight is 349 g/mol. The Morgan fingerprint density at radius 1 is 1.15 bits per heavy atom. The normalized spacial score (nSPS) is 11.2. The molecule has 0 spiro atoms. The van der Waals surface area contributed by atoms with E-state index in [1.54, 1.807) is 13.2 Å². The zero-order valence-corrected chi connectivity index (χ0v) is 15.1. The summed E-state index contributed by atoms with van der Waals surface area (Å²) in [6, 6.07) is 15.5. The van der Waals surface area contributed by atoms with Crippen molar-refractivity contribution in [2.45, 2.75) is 26.2 Å². The van der Waals surface area contributed by atoms with Crippen molar-refractivity contribution < 1.29 is 13.9 Å². The highest BCUT2D eigenvalue weighted by molar-refractivity contribution is 6.02. The zero-order chi connectivity index (χ0) is 18.4. The second-order valence-electron chi connectivity index (χ2n) is 6.18. The summed E-state index contributed by atoms with van der Waals surface area (Å²) in [5.41, 5.74) is 2.83. The van der Waals surface area contributed by atoms with Gasteiger partial charge in [-0.3, -0.25) is 4.79 Å². The summed E-state index contributed by atoms with van der Waals surface area (Å²) in [4.78, 5) is 12.1. The molecule has 26 heavy (non-hydrogen) atoms. The molecule has 3 rings (SSSR count). The lowest BCUT2D eigenvalue weighted by molar-refractivity contribution is -0.111. The molecular weight excluding hydrogens is 326 g/mol. The minimum Gasteiger partial charge on any atom is -0.497 e. The molecule has 0 fully saturated rings. The van der Waals surface area contributed by atoms with Crippen LogP contribution in [0.25, 0.3) is 17.0 Å². The summed E-state index contributed by atoms with van der Waals surface area (Å²) in [7, 11) is 1.63. The number of fused-ring (bicyclic) bond motifs is 1. The van der Waals surface area contributed by atoms with Crippen LogP contribution in [0.5, 0.6) is 5.75 Å². The van der Waals surface area contributed by atoms with Crippen LogP contribution in [0.4, 0.5) is 5.69 Å². The molecule has 0 unspecified atom stereocenters. The van der Waals surface area contributed by atoms with Gasteiger partial charge in [-0.05, 0) is 60.9 Å². The number of nitrogens with one attached hydrogen (secondary N) is 1. The van der Waals surface area contributed by atoms with Crippen molar-refractivity contribution in [1.29, 1.82) is 0 Å². The van der Waals surface area contributed by atoms with Crippen LogP contribution < -0.4 is 10.1 Å². The average Bonchev–Trinajstić information content (AvgIpc) is 3.08. The summed E-state index contributed by atoms with van der Waals surface area (Å²) in [5.74, 6) is 1.21. The quantitative estimate of drug-likeness (QED) is 0.578. The number of hydrogen-bond acceptors (Lipinski definition) is 3. The van der Waals surface area contributed by atoms with Gasteiger partial charge in [0.1, 0.15) is 17.1 Å². The zero-order valence-electron chi connectivity index (χ0n) is 15.1. The molecule has 0 aliphatic heterocycles. The first-order chi connectivity index (χ1) is 12.7. The van der Waals surface area contributed by atoms with Gasteiger partial charge in [-0.25, -0.2) is 0 Å². The fourth-order valence-electron chi connectivity index (χ4n) is 2.73. The summed E-state index contributed by atoms with van der Waals surface area (Å²) < 4.78 is 10.9. The van der Waals surface area contributed by atoms with Gasteiger partial charge in [-0.15, -0.1) is 0 Å². The van der Waals surface area contributed by atoms with Gasteiger partial charge in [0, 0.05) is 17.1 Å². The molecule has 0 bridgehead atoms. The van der Waals surface area contributed by atoms with Crippen molar-refractivity contribution in [2.24, 2.45) is 0 Å². The number of benzene rings is 2. The first-order valence-electron chi connectivity index (χ1n) is 8.83. The number of carbonyl (C=O) groups excluding carboxylic acids is 1. The summed E-state index contributed by atoms with van der Waals surface area (Å²) in [6.07, 6.45) is 6.56. The van der Waals surface area contributed by atoms with Crippen molar-refractivity contribution in [3.05, 3.63) is 65.9 Å². The maximum Gasteiger partial charge on any atom is 0.248 e. The number of anilines is 1. The number of unbranched alkanes of at least 4 members (excludes halogenated alkanes) is 1. The Kier molecular flexibility index (Phi) is 5.74. The van der Waals surface area contributed by atoms with Crippen molar-refractivity contribution >= 4 is 28.6 Å². The van der Waals surface area contributed by atoms with E-state index in [1.807, 2.05) is 36.4 Å². The molecule has 1 amide bonds. The van der Waals surface area contributed by atoms with Gasteiger partial charge in [0.05, 0.1) is 7.11 Å². The van der Waals surface area contributed by atoms with Crippen molar-refractivity contribution in [2.75, 3.05) is 12.4 Å². The lowest BCUT2D eigenvalue weighted by Crippen LogP contribution is -2.07. The maximum absolute atomic E-state index is 12.1. The SMILES string of the molecule is CCCCc1ccc(NC(=O)C=Cc2cc3cc(OC)ccc3o2)cc1. The minimum absolute atomic E-state index is 0.190. The van der Waals surface area contributed by atoms with Crippen LogP contribution in [0, 0.1) is 0 Å². The van der Waals surface area contributed by atoms with Crippen molar-refractivity contribution in [3.8, 4) is 5.75 Å². The van der Waals surface area contributed by atoms with Crippen molar-refractivity contribution in [3.63, 3.8) is 0 Å².